The van der Waals surface area contributed by atoms with Gasteiger partial charge in [-0.25, -0.2) is 4.39 Å². The van der Waals surface area contributed by atoms with Gasteiger partial charge in [-0.15, -0.1) is 0 Å². The van der Waals surface area contributed by atoms with Crippen LogP contribution in [0.2, 0.25) is 0 Å². The first-order chi connectivity index (χ1) is 11.3. The largest absolute Gasteiger partial charge is 0.496 e. The first-order valence-corrected chi connectivity index (χ1v) is 7.77. The van der Waals surface area contributed by atoms with Gasteiger partial charge < -0.3 is 10.1 Å². The summed E-state index contributed by atoms with van der Waals surface area (Å²) < 4.78 is 18.6. The van der Waals surface area contributed by atoms with Gasteiger partial charge in [0.15, 0.2) is 0 Å². The molecule has 23 heavy (non-hydrogen) atoms. The molecule has 3 rings (SSSR count). The van der Waals surface area contributed by atoms with Crippen LogP contribution in [0.4, 0.5) is 4.39 Å². The van der Waals surface area contributed by atoms with Crippen LogP contribution >= 0.6 is 0 Å². The Morgan fingerprint density at radius 3 is 2.57 bits per heavy atom. The van der Waals surface area contributed by atoms with Crippen LogP contribution in [0.1, 0.15) is 11.1 Å². The normalized spacial score (nSPS) is 10.9. The summed E-state index contributed by atoms with van der Waals surface area (Å²) in [6.45, 7) is 1.51. The second-order valence-electron chi connectivity index (χ2n) is 5.53. The smallest absolute Gasteiger partial charge is 0.126 e. The van der Waals surface area contributed by atoms with Gasteiger partial charge in [0.05, 0.1) is 7.11 Å². The number of hydrogen-bond donors (Lipinski definition) is 1. The Labute approximate surface area is 135 Å². The number of fused-ring (bicyclic) bond motifs is 1. The van der Waals surface area contributed by atoms with E-state index in [1.165, 1.54) is 17.0 Å². The molecule has 0 aliphatic carbocycles. The third-order valence-corrected chi connectivity index (χ3v) is 3.98. The molecule has 0 aromatic heterocycles. The van der Waals surface area contributed by atoms with E-state index in [1.807, 2.05) is 24.3 Å². The lowest BCUT2D eigenvalue weighted by Crippen LogP contribution is -2.16. The minimum atomic E-state index is -0.189. The Morgan fingerprint density at radius 2 is 1.78 bits per heavy atom. The summed E-state index contributed by atoms with van der Waals surface area (Å²) in [5, 5.41) is 5.73. The van der Waals surface area contributed by atoms with Crippen LogP contribution in [0.5, 0.6) is 5.75 Å². The average molecular weight is 309 g/mol. The lowest BCUT2D eigenvalue weighted by atomic mass is 10.0. The molecule has 0 spiro atoms. The topological polar surface area (TPSA) is 21.3 Å². The lowest BCUT2D eigenvalue weighted by Gasteiger charge is -2.11. The standard InChI is InChI=1S/C20H20FNO/c1-23-20-10-9-16(18-7-2-3-8-19(18)20)11-12-22-14-15-5-4-6-17(21)13-15/h2-10,13,22H,11-12,14H2,1H3. The van der Waals surface area contributed by atoms with E-state index >= 15 is 0 Å². The number of benzene rings is 3. The summed E-state index contributed by atoms with van der Waals surface area (Å²) in [5.74, 6) is 0.711. The molecule has 0 heterocycles. The van der Waals surface area contributed by atoms with Gasteiger partial charge in [-0.2, -0.15) is 0 Å². The monoisotopic (exact) mass is 309 g/mol. The quantitative estimate of drug-likeness (QED) is 0.685. The maximum absolute atomic E-state index is 13.1. The number of nitrogens with one attached hydrogen (secondary N) is 1. The molecule has 0 bridgehead atoms. The summed E-state index contributed by atoms with van der Waals surface area (Å²) in [6, 6.07) is 19.1. The first-order valence-electron chi connectivity index (χ1n) is 7.77. The highest BCUT2D eigenvalue weighted by molar-refractivity contribution is 5.91. The van der Waals surface area contributed by atoms with E-state index in [-0.39, 0.29) is 5.82 Å². The van der Waals surface area contributed by atoms with Crippen LogP contribution in [0.25, 0.3) is 10.8 Å². The van der Waals surface area contributed by atoms with Crippen molar-refractivity contribution in [3.8, 4) is 5.75 Å². The highest BCUT2D eigenvalue weighted by Crippen LogP contribution is 2.28. The number of rotatable bonds is 6. The van der Waals surface area contributed by atoms with Gasteiger partial charge in [-0.3, -0.25) is 0 Å². The van der Waals surface area contributed by atoms with Crippen LogP contribution in [-0.4, -0.2) is 13.7 Å². The fourth-order valence-electron chi connectivity index (χ4n) is 2.83. The second kappa shape index (κ2) is 7.25. The molecule has 3 aromatic rings. The Balaban J connectivity index is 1.66. The Bertz CT molecular complexity index is 801. The number of methoxy groups -OCH3 is 1. The van der Waals surface area contributed by atoms with E-state index < -0.39 is 0 Å². The van der Waals surface area contributed by atoms with Gasteiger partial charge in [0.25, 0.3) is 0 Å². The highest BCUT2D eigenvalue weighted by Gasteiger charge is 2.05. The van der Waals surface area contributed by atoms with Crippen LogP contribution in [0.15, 0.2) is 60.7 Å². The van der Waals surface area contributed by atoms with Gasteiger partial charge in [0.2, 0.25) is 0 Å². The van der Waals surface area contributed by atoms with Gasteiger partial charge in [-0.1, -0.05) is 42.5 Å². The second-order valence-corrected chi connectivity index (χ2v) is 5.53. The average Bonchev–Trinajstić information content (AvgIpc) is 2.58. The van der Waals surface area contributed by atoms with E-state index in [2.05, 4.69) is 23.5 Å². The molecule has 1 N–H and O–H groups in total. The van der Waals surface area contributed by atoms with E-state index in [0.29, 0.717) is 6.54 Å². The van der Waals surface area contributed by atoms with Crippen molar-refractivity contribution in [1.29, 1.82) is 0 Å². The minimum absolute atomic E-state index is 0.189. The molecule has 3 heteroatoms. The van der Waals surface area contributed by atoms with Gasteiger partial charge >= 0.3 is 0 Å². The number of halogens is 1. The maximum Gasteiger partial charge on any atom is 0.126 e. The molecule has 0 atom stereocenters. The van der Waals surface area contributed by atoms with Crippen molar-refractivity contribution in [2.24, 2.45) is 0 Å². The van der Waals surface area contributed by atoms with Gasteiger partial charge in [0, 0.05) is 11.9 Å². The van der Waals surface area contributed by atoms with Crippen LogP contribution in [0, 0.1) is 5.82 Å². The SMILES string of the molecule is COc1ccc(CCNCc2cccc(F)c2)c2ccccc12. The zero-order valence-corrected chi connectivity index (χ0v) is 13.2. The van der Waals surface area contributed by atoms with Crippen molar-refractivity contribution >= 4 is 10.8 Å². The van der Waals surface area contributed by atoms with Crippen LogP contribution < -0.4 is 10.1 Å². The predicted octanol–water partition coefficient (Wildman–Crippen LogP) is 4.32. The van der Waals surface area contributed by atoms with E-state index in [9.17, 15) is 4.39 Å². The summed E-state index contributed by atoms with van der Waals surface area (Å²) in [4.78, 5) is 0. The number of ether oxygens (including phenoxy) is 1. The molecule has 0 aliphatic rings. The number of hydrogen-bond acceptors (Lipinski definition) is 2. The first kappa shape index (κ1) is 15.5. The van der Waals surface area contributed by atoms with Gasteiger partial charge in [-0.05, 0) is 47.7 Å². The highest BCUT2D eigenvalue weighted by atomic mass is 19.1. The Morgan fingerprint density at radius 1 is 0.957 bits per heavy atom. The molecule has 2 nitrogen and oxygen atoms in total. The minimum Gasteiger partial charge on any atom is -0.496 e. The Hall–Kier alpha value is -2.39. The summed E-state index contributed by atoms with van der Waals surface area (Å²) in [7, 11) is 1.70. The zero-order valence-electron chi connectivity index (χ0n) is 13.2. The van der Waals surface area contributed by atoms with Crippen molar-refractivity contribution in [2.45, 2.75) is 13.0 Å². The summed E-state index contributed by atoms with van der Waals surface area (Å²) >= 11 is 0. The van der Waals surface area contributed by atoms with E-state index in [1.54, 1.807) is 19.2 Å². The summed E-state index contributed by atoms with van der Waals surface area (Å²) in [5.41, 5.74) is 2.25. The van der Waals surface area contributed by atoms with E-state index in [0.717, 1.165) is 29.7 Å². The molecule has 3 aromatic carbocycles. The predicted molar refractivity (Wildman–Crippen MR) is 92.3 cm³/mol. The maximum atomic E-state index is 13.1. The molecule has 0 saturated heterocycles. The molecule has 0 saturated carbocycles. The molecule has 0 radical (unpaired) electrons. The van der Waals surface area contributed by atoms with E-state index in [4.69, 9.17) is 4.74 Å². The molecule has 118 valence electrons. The molecule has 0 aliphatic heterocycles. The molecule has 0 amide bonds. The summed E-state index contributed by atoms with van der Waals surface area (Å²) in [6.07, 6.45) is 0.916. The molecular formula is C20H20FNO. The zero-order chi connectivity index (χ0) is 16.1. The van der Waals surface area contributed by atoms with Crippen molar-refractivity contribution in [1.82, 2.24) is 5.32 Å². The van der Waals surface area contributed by atoms with Crippen molar-refractivity contribution in [3.05, 3.63) is 77.6 Å². The molecule has 0 unspecified atom stereocenters. The van der Waals surface area contributed by atoms with Crippen molar-refractivity contribution < 1.29 is 9.13 Å². The molecule has 0 fully saturated rings. The van der Waals surface area contributed by atoms with Crippen LogP contribution in [-0.2, 0) is 13.0 Å². The fraction of sp³-hybridized carbons (Fsp3) is 0.200. The van der Waals surface area contributed by atoms with Crippen molar-refractivity contribution in [2.75, 3.05) is 13.7 Å². The van der Waals surface area contributed by atoms with Gasteiger partial charge in [0.1, 0.15) is 11.6 Å². The van der Waals surface area contributed by atoms with Crippen LogP contribution in [0.3, 0.4) is 0 Å². The Kier molecular flexibility index (Phi) is 4.89. The molecular weight excluding hydrogens is 289 g/mol. The lowest BCUT2D eigenvalue weighted by molar-refractivity contribution is 0.419. The fourth-order valence-corrected chi connectivity index (χ4v) is 2.83. The third kappa shape index (κ3) is 3.69. The third-order valence-electron chi connectivity index (χ3n) is 3.98. The van der Waals surface area contributed by atoms with Crippen molar-refractivity contribution in [3.63, 3.8) is 0 Å².